The lowest BCUT2D eigenvalue weighted by molar-refractivity contribution is -0.152. The maximum atomic E-state index is 11.0. The third kappa shape index (κ3) is 2.72. The number of oxime groups is 1. The van der Waals surface area contributed by atoms with Gasteiger partial charge in [0.25, 0.3) is 0 Å². The lowest BCUT2D eigenvalue weighted by Gasteiger charge is -2.03. The van der Waals surface area contributed by atoms with Crippen molar-refractivity contribution in [2.45, 2.75) is 25.4 Å². The van der Waals surface area contributed by atoms with Crippen LogP contribution in [0.2, 0.25) is 0 Å². The molecule has 0 spiro atoms. The molecule has 1 heterocycles. The summed E-state index contributed by atoms with van der Waals surface area (Å²) in [6, 6.07) is 0. The Labute approximate surface area is 80.5 Å². The number of nitrogens with zero attached hydrogens (tertiary/aromatic N) is 1. The predicted octanol–water partition coefficient (Wildman–Crippen LogP) is 0.169. The first-order valence-electron chi connectivity index (χ1n) is 4.14. The molecule has 6 heteroatoms. The topological polar surface area (TPSA) is 85.2 Å². The number of methoxy groups -OCH3 is 1. The van der Waals surface area contributed by atoms with Gasteiger partial charge < -0.3 is 14.7 Å². The van der Waals surface area contributed by atoms with E-state index in [-0.39, 0.29) is 6.42 Å². The molecule has 0 radical (unpaired) electrons. The summed E-state index contributed by atoms with van der Waals surface area (Å²) in [5.74, 6) is -1.38. The number of carbonyl (C=O) groups is 2. The van der Waals surface area contributed by atoms with Crippen molar-refractivity contribution in [3.63, 3.8) is 0 Å². The Balaban J connectivity index is 2.32. The van der Waals surface area contributed by atoms with Gasteiger partial charge in [-0.1, -0.05) is 5.16 Å². The molecule has 1 aliphatic rings. The largest absolute Gasteiger partial charge is 0.481 e. The number of ether oxygens (including phenoxy) is 1. The maximum absolute atomic E-state index is 11.0. The van der Waals surface area contributed by atoms with E-state index in [2.05, 4.69) is 9.89 Å². The molecule has 78 valence electrons. The monoisotopic (exact) mass is 201 g/mol. The van der Waals surface area contributed by atoms with E-state index in [1.807, 2.05) is 0 Å². The third-order valence-corrected chi connectivity index (χ3v) is 1.82. The van der Waals surface area contributed by atoms with Crippen LogP contribution < -0.4 is 0 Å². The molecule has 1 N–H and O–H groups in total. The second-order valence-electron chi connectivity index (χ2n) is 2.87. The minimum atomic E-state index is -0.894. The lowest BCUT2D eigenvalue weighted by atomic mass is 10.1. The number of hydrogen-bond acceptors (Lipinski definition) is 5. The average Bonchev–Trinajstić information content (AvgIpc) is 2.62. The zero-order valence-electron chi connectivity index (χ0n) is 7.73. The highest BCUT2D eigenvalue weighted by Crippen LogP contribution is 2.14. The Morgan fingerprint density at radius 2 is 2.43 bits per heavy atom. The van der Waals surface area contributed by atoms with Crippen molar-refractivity contribution in [1.82, 2.24) is 0 Å². The van der Waals surface area contributed by atoms with Crippen molar-refractivity contribution < 1.29 is 24.3 Å². The average molecular weight is 201 g/mol. The van der Waals surface area contributed by atoms with E-state index in [1.54, 1.807) is 0 Å². The standard InChI is InChI=1S/C8H11NO5/c1-13-8(12)6-4-5(9-14-6)2-3-7(10)11/h6H,2-4H2,1H3,(H,10,11). The fourth-order valence-electron chi connectivity index (χ4n) is 1.08. The molecule has 1 aliphatic heterocycles. The van der Waals surface area contributed by atoms with Crippen LogP contribution in [-0.2, 0) is 19.2 Å². The van der Waals surface area contributed by atoms with Gasteiger partial charge in [-0.15, -0.1) is 0 Å². The highest BCUT2D eigenvalue weighted by molar-refractivity contribution is 5.92. The summed E-state index contributed by atoms with van der Waals surface area (Å²) in [6.07, 6.45) is -0.0809. The smallest absolute Gasteiger partial charge is 0.350 e. The van der Waals surface area contributed by atoms with Crippen LogP contribution >= 0.6 is 0 Å². The SMILES string of the molecule is COC(=O)C1CC(CCC(=O)O)=NO1. The van der Waals surface area contributed by atoms with Gasteiger partial charge in [0, 0.05) is 6.42 Å². The Morgan fingerprint density at radius 3 is 3.00 bits per heavy atom. The number of carboxylic acid groups (broad SMARTS) is 1. The first-order chi connectivity index (χ1) is 6.63. The Kier molecular flexibility index (Phi) is 3.44. The van der Waals surface area contributed by atoms with Crippen molar-refractivity contribution in [1.29, 1.82) is 0 Å². The fraction of sp³-hybridized carbons (Fsp3) is 0.625. The highest BCUT2D eigenvalue weighted by atomic mass is 16.7. The summed E-state index contributed by atoms with van der Waals surface area (Å²) in [5, 5.41) is 12.0. The Morgan fingerprint density at radius 1 is 1.71 bits per heavy atom. The predicted molar refractivity (Wildman–Crippen MR) is 45.8 cm³/mol. The number of hydrogen-bond donors (Lipinski definition) is 1. The van der Waals surface area contributed by atoms with Gasteiger partial charge in [-0.2, -0.15) is 0 Å². The van der Waals surface area contributed by atoms with Gasteiger partial charge in [-0.05, 0) is 6.42 Å². The van der Waals surface area contributed by atoms with Gasteiger partial charge >= 0.3 is 11.9 Å². The molecule has 0 aromatic carbocycles. The van der Waals surface area contributed by atoms with Crippen molar-refractivity contribution in [3.05, 3.63) is 0 Å². The molecule has 1 atom stereocenters. The molecule has 14 heavy (non-hydrogen) atoms. The van der Waals surface area contributed by atoms with Gasteiger partial charge in [0.1, 0.15) is 0 Å². The van der Waals surface area contributed by atoms with Crippen LogP contribution in [0.15, 0.2) is 5.16 Å². The number of carbonyl (C=O) groups excluding carboxylic acids is 1. The minimum absolute atomic E-state index is 0.00388. The summed E-state index contributed by atoms with van der Waals surface area (Å²) in [7, 11) is 1.26. The van der Waals surface area contributed by atoms with Gasteiger partial charge in [0.05, 0.1) is 19.2 Å². The first-order valence-corrected chi connectivity index (χ1v) is 4.14. The lowest BCUT2D eigenvalue weighted by Crippen LogP contribution is -2.22. The van der Waals surface area contributed by atoms with Crippen LogP contribution in [0.3, 0.4) is 0 Å². The normalized spacial score (nSPS) is 19.8. The molecule has 1 rings (SSSR count). The van der Waals surface area contributed by atoms with Crippen molar-refractivity contribution in [2.75, 3.05) is 7.11 Å². The van der Waals surface area contributed by atoms with Crippen LogP contribution in [0.25, 0.3) is 0 Å². The molecule has 0 aliphatic carbocycles. The quantitative estimate of drug-likeness (QED) is 0.655. The van der Waals surface area contributed by atoms with Crippen LogP contribution in [0.5, 0.6) is 0 Å². The van der Waals surface area contributed by atoms with Gasteiger partial charge in [0.2, 0.25) is 6.10 Å². The number of rotatable bonds is 4. The Hall–Kier alpha value is -1.59. The van der Waals surface area contributed by atoms with Crippen LogP contribution in [0.1, 0.15) is 19.3 Å². The van der Waals surface area contributed by atoms with Gasteiger partial charge in [-0.25, -0.2) is 4.79 Å². The first kappa shape index (κ1) is 10.5. The molecular weight excluding hydrogens is 190 g/mol. The van der Waals surface area contributed by atoms with Crippen LogP contribution in [0, 0.1) is 0 Å². The van der Waals surface area contributed by atoms with Crippen LogP contribution in [0.4, 0.5) is 0 Å². The van der Waals surface area contributed by atoms with E-state index < -0.39 is 18.0 Å². The van der Waals surface area contributed by atoms with Gasteiger partial charge in [0.15, 0.2) is 0 Å². The van der Waals surface area contributed by atoms with E-state index in [0.717, 1.165) is 0 Å². The second-order valence-corrected chi connectivity index (χ2v) is 2.87. The minimum Gasteiger partial charge on any atom is -0.481 e. The maximum Gasteiger partial charge on any atom is 0.350 e. The number of carboxylic acids is 1. The molecule has 6 nitrogen and oxygen atoms in total. The van der Waals surface area contributed by atoms with E-state index >= 15 is 0 Å². The van der Waals surface area contributed by atoms with E-state index in [1.165, 1.54) is 7.11 Å². The fourth-order valence-corrected chi connectivity index (χ4v) is 1.08. The Bertz CT molecular complexity index is 273. The van der Waals surface area contributed by atoms with Crippen molar-refractivity contribution in [2.24, 2.45) is 5.16 Å². The van der Waals surface area contributed by atoms with E-state index in [4.69, 9.17) is 9.94 Å². The molecule has 0 amide bonds. The molecule has 0 bridgehead atoms. The molecule has 0 saturated heterocycles. The van der Waals surface area contributed by atoms with Gasteiger partial charge in [-0.3, -0.25) is 4.79 Å². The van der Waals surface area contributed by atoms with Crippen LogP contribution in [-0.4, -0.2) is 36.0 Å². The number of esters is 1. The molecule has 0 fully saturated rings. The molecule has 0 aromatic rings. The van der Waals surface area contributed by atoms with E-state index in [0.29, 0.717) is 18.6 Å². The van der Waals surface area contributed by atoms with E-state index in [9.17, 15) is 9.59 Å². The molecule has 1 unspecified atom stereocenters. The summed E-state index contributed by atoms with van der Waals surface area (Å²) in [4.78, 5) is 26.0. The number of aliphatic carboxylic acids is 1. The van der Waals surface area contributed by atoms with Crippen molar-refractivity contribution in [3.8, 4) is 0 Å². The summed E-state index contributed by atoms with van der Waals surface area (Å²) in [5.41, 5.74) is 0.586. The highest BCUT2D eigenvalue weighted by Gasteiger charge is 2.28. The summed E-state index contributed by atoms with van der Waals surface area (Å²) < 4.78 is 4.45. The summed E-state index contributed by atoms with van der Waals surface area (Å²) in [6.45, 7) is 0. The zero-order valence-corrected chi connectivity index (χ0v) is 7.73. The molecule has 0 saturated carbocycles. The third-order valence-electron chi connectivity index (χ3n) is 1.82. The summed E-state index contributed by atoms with van der Waals surface area (Å²) >= 11 is 0. The molecule has 0 aromatic heterocycles. The molecular formula is C8H11NO5. The zero-order chi connectivity index (χ0) is 10.6. The second kappa shape index (κ2) is 4.59. The van der Waals surface area contributed by atoms with Crippen molar-refractivity contribution >= 4 is 17.7 Å².